The fourth-order valence-electron chi connectivity index (χ4n) is 1.34. The molecule has 0 aliphatic carbocycles. The third-order valence-corrected chi connectivity index (χ3v) is 2.25. The highest BCUT2D eigenvalue weighted by atomic mass is 16.4. The SMILES string of the molecule is CC(N)c1nnc(N(CCCO)C(C)C)o1. The maximum Gasteiger partial charge on any atom is 0.318 e. The number of hydrogen-bond acceptors (Lipinski definition) is 6. The van der Waals surface area contributed by atoms with E-state index in [9.17, 15) is 0 Å². The van der Waals surface area contributed by atoms with Gasteiger partial charge in [0.1, 0.15) is 0 Å². The van der Waals surface area contributed by atoms with E-state index < -0.39 is 0 Å². The molecule has 16 heavy (non-hydrogen) atoms. The van der Waals surface area contributed by atoms with E-state index in [1.807, 2.05) is 18.7 Å². The molecule has 0 aliphatic heterocycles. The highest BCUT2D eigenvalue weighted by Gasteiger charge is 2.18. The van der Waals surface area contributed by atoms with Crippen LogP contribution in [0.25, 0.3) is 0 Å². The van der Waals surface area contributed by atoms with Crippen molar-refractivity contribution in [1.82, 2.24) is 10.2 Å². The number of nitrogens with zero attached hydrogens (tertiary/aromatic N) is 3. The molecule has 0 saturated heterocycles. The lowest BCUT2D eigenvalue weighted by Crippen LogP contribution is -2.32. The number of nitrogens with two attached hydrogens (primary N) is 1. The predicted molar refractivity (Wildman–Crippen MR) is 61.1 cm³/mol. The molecule has 1 aromatic heterocycles. The summed E-state index contributed by atoms with van der Waals surface area (Å²) in [5.74, 6) is 0.435. The molecule has 1 aromatic rings. The van der Waals surface area contributed by atoms with Crippen LogP contribution in [0.4, 0.5) is 6.01 Å². The van der Waals surface area contributed by atoms with Crippen molar-refractivity contribution in [2.45, 2.75) is 39.3 Å². The van der Waals surface area contributed by atoms with Crippen LogP contribution in [0.15, 0.2) is 4.42 Å². The van der Waals surface area contributed by atoms with Crippen molar-refractivity contribution in [3.8, 4) is 0 Å². The van der Waals surface area contributed by atoms with Gasteiger partial charge >= 0.3 is 6.01 Å². The molecule has 0 aromatic carbocycles. The second kappa shape index (κ2) is 5.81. The van der Waals surface area contributed by atoms with E-state index in [0.29, 0.717) is 24.9 Å². The van der Waals surface area contributed by atoms with Crippen LogP contribution in [0.2, 0.25) is 0 Å². The van der Waals surface area contributed by atoms with Gasteiger partial charge in [-0.1, -0.05) is 5.10 Å². The van der Waals surface area contributed by atoms with Gasteiger partial charge in [-0.15, -0.1) is 5.10 Å². The van der Waals surface area contributed by atoms with Gasteiger partial charge in [-0.3, -0.25) is 0 Å². The van der Waals surface area contributed by atoms with E-state index in [4.69, 9.17) is 15.3 Å². The molecule has 1 atom stereocenters. The maximum absolute atomic E-state index is 8.82. The lowest BCUT2D eigenvalue weighted by molar-refractivity contribution is 0.287. The average Bonchev–Trinajstić information content (AvgIpc) is 2.67. The number of hydrogen-bond donors (Lipinski definition) is 2. The van der Waals surface area contributed by atoms with Gasteiger partial charge < -0.3 is 20.2 Å². The summed E-state index contributed by atoms with van der Waals surface area (Å²) in [6, 6.07) is 0.455. The largest absolute Gasteiger partial charge is 0.406 e. The topological polar surface area (TPSA) is 88.4 Å². The van der Waals surface area contributed by atoms with Crippen LogP contribution in [-0.4, -0.2) is 34.5 Å². The monoisotopic (exact) mass is 228 g/mol. The molecule has 1 rings (SSSR count). The molecule has 1 heterocycles. The summed E-state index contributed by atoms with van der Waals surface area (Å²) in [5, 5.41) is 16.7. The van der Waals surface area contributed by atoms with Crippen LogP contribution in [-0.2, 0) is 0 Å². The summed E-state index contributed by atoms with van der Waals surface area (Å²) in [6.07, 6.45) is 0.675. The summed E-state index contributed by atoms with van der Waals surface area (Å²) < 4.78 is 5.46. The van der Waals surface area contributed by atoms with Crippen LogP contribution in [0.5, 0.6) is 0 Å². The number of aromatic nitrogens is 2. The van der Waals surface area contributed by atoms with Gasteiger partial charge in [0.2, 0.25) is 5.89 Å². The van der Waals surface area contributed by atoms with E-state index in [-0.39, 0.29) is 18.7 Å². The maximum atomic E-state index is 8.82. The number of anilines is 1. The van der Waals surface area contributed by atoms with Crippen molar-refractivity contribution in [2.24, 2.45) is 5.73 Å². The summed E-state index contributed by atoms with van der Waals surface area (Å²) >= 11 is 0. The molecule has 0 amide bonds. The van der Waals surface area contributed by atoms with Gasteiger partial charge in [0.05, 0.1) is 6.04 Å². The summed E-state index contributed by atoms with van der Waals surface area (Å²) in [4.78, 5) is 1.95. The minimum atomic E-state index is -0.256. The Labute approximate surface area is 95.4 Å². The first-order valence-corrected chi connectivity index (χ1v) is 5.52. The molecule has 1 unspecified atom stereocenters. The molecule has 6 heteroatoms. The van der Waals surface area contributed by atoms with Gasteiger partial charge in [-0.2, -0.15) is 0 Å². The minimum Gasteiger partial charge on any atom is -0.406 e. The molecule has 0 radical (unpaired) electrons. The zero-order valence-corrected chi connectivity index (χ0v) is 10.1. The molecule has 0 spiro atoms. The van der Waals surface area contributed by atoms with Crippen molar-refractivity contribution in [3.05, 3.63) is 5.89 Å². The first-order valence-electron chi connectivity index (χ1n) is 5.52. The van der Waals surface area contributed by atoms with Crippen LogP contribution >= 0.6 is 0 Å². The smallest absolute Gasteiger partial charge is 0.318 e. The Morgan fingerprint density at radius 3 is 2.50 bits per heavy atom. The van der Waals surface area contributed by atoms with Gasteiger partial charge in [0.15, 0.2) is 0 Å². The van der Waals surface area contributed by atoms with Gasteiger partial charge in [-0.05, 0) is 27.2 Å². The van der Waals surface area contributed by atoms with E-state index in [0.717, 1.165) is 0 Å². The van der Waals surface area contributed by atoms with Crippen LogP contribution in [0.3, 0.4) is 0 Å². The summed E-state index contributed by atoms with van der Waals surface area (Å²) in [5.41, 5.74) is 5.65. The highest BCUT2D eigenvalue weighted by molar-refractivity contribution is 5.25. The predicted octanol–water partition coefficient (Wildman–Crippen LogP) is 0.687. The Hall–Kier alpha value is -1.14. The fraction of sp³-hybridized carbons (Fsp3) is 0.800. The van der Waals surface area contributed by atoms with Crippen molar-refractivity contribution in [1.29, 1.82) is 0 Å². The first kappa shape index (κ1) is 12.9. The van der Waals surface area contributed by atoms with Crippen LogP contribution < -0.4 is 10.6 Å². The van der Waals surface area contributed by atoms with Crippen LogP contribution in [0.1, 0.15) is 39.1 Å². The molecule has 0 fully saturated rings. The van der Waals surface area contributed by atoms with Crippen molar-refractivity contribution < 1.29 is 9.52 Å². The molecule has 0 bridgehead atoms. The van der Waals surface area contributed by atoms with Gasteiger partial charge in [0.25, 0.3) is 0 Å². The molecule has 0 saturated carbocycles. The molecule has 6 nitrogen and oxygen atoms in total. The standard InChI is InChI=1S/C10H20N4O2/c1-7(2)14(5-4-6-15)10-13-12-9(16-10)8(3)11/h7-8,15H,4-6,11H2,1-3H3. The highest BCUT2D eigenvalue weighted by Crippen LogP contribution is 2.18. The molecule has 92 valence electrons. The Morgan fingerprint density at radius 1 is 1.38 bits per heavy atom. The third-order valence-electron chi connectivity index (χ3n) is 2.25. The van der Waals surface area contributed by atoms with E-state index >= 15 is 0 Å². The first-order chi connectivity index (χ1) is 7.56. The zero-order valence-electron chi connectivity index (χ0n) is 10.1. The van der Waals surface area contributed by atoms with E-state index in [1.54, 1.807) is 6.92 Å². The summed E-state index contributed by atoms with van der Waals surface area (Å²) in [6.45, 7) is 6.71. The minimum absolute atomic E-state index is 0.150. The fourth-order valence-corrected chi connectivity index (χ4v) is 1.34. The van der Waals surface area contributed by atoms with Gasteiger partial charge in [0, 0.05) is 19.2 Å². The Morgan fingerprint density at radius 2 is 2.06 bits per heavy atom. The Bertz CT molecular complexity index is 312. The van der Waals surface area contributed by atoms with Crippen molar-refractivity contribution in [3.63, 3.8) is 0 Å². The Kier molecular flexibility index (Phi) is 4.70. The van der Waals surface area contributed by atoms with E-state index in [1.165, 1.54) is 0 Å². The van der Waals surface area contributed by atoms with E-state index in [2.05, 4.69) is 10.2 Å². The third kappa shape index (κ3) is 3.18. The molecular formula is C10H20N4O2. The average molecular weight is 228 g/mol. The number of aliphatic hydroxyl groups excluding tert-OH is 1. The lowest BCUT2D eigenvalue weighted by Gasteiger charge is -2.23. The molecule has 3 N–H and O–H groups in total. The van der Waals surface area contributed by atoms with Gasteiger partial charge in [-0.25, -0.2) is 0 Å². The molecule has 0 aliphatic rings. The van der Waals surface area contributed by atoms with Crippen molar-refractivity contribution in [2.75, 3.05) is 18.1 Å². The Balaban J connectivity index is 2.76. The summed E-state index contributed by atoms with van der Waals surface area (Å²) in [7, 11) is 0. The number of aliphatic hydroxyl groups is 1. The molecular weight excluding hydrogens is 208 g/mol. The quantitative estimate of drug-likeness (QED) is 0.744. The normalized spacial score (nSPS) is 13.1. The van der Waals surface area contributed by atoms with Crippen molar-refractivity contribution >= 4 is 6.01 Å². The second-order valence-corrected chi connectivity index (χ2v) is 4.08. The number of rotatable bonds is 6. The lowest BCUT2D eigenvalue weighted by atomic mass is 10.3. The zero-order chi connectivity index (χ0) is 12.1. The van der Waals surface area contributed by atoms with Crippen LogP contribution in [0, 0.1) is 0 Å². The second-order valence-electron chi connectivity index (χ2n) is 4.08.